The van der Waals surface area contributed by atoms with Crippen molar-refractivity contribution in [3.8, 4) is 44.8 Å². The summed E-state index contributed by atoms with van der Waals surface area (Å²) in [5, 5.41) is 5.41. The maximum atomic E-state index is 13.6. The second kappa shape index (κ2) is 18.7. The normalized spacial score (nSPS) is 17.4. The highest BCUT2D eigenvalue weighted by molar-refractivity contribution is 5.91. The molecule has 5 aromatic rings. The topological polar surface area (TPSA) is 175 Å². The number of methoxy groups -OCH3 is 2. The van der Waals surface area contributed by atoms with Gasteiger partial charge < -0.3 is 39.9 Å². The Kier molecular flexibility index (Phi) is 12.7. The molecule has 0 saturated carbocycles. The van der Waals surface area contributed by atoms with Crippen LogP contribution in [0.5, 0.6) is 0 Å². The van der Waals surface area contributed by atoms with Gasteiger partial charge in [0.25, 0.3) is 0 Å². The molecule has 14 heteroatoms. The van der Waals surface area contributed by atoms with Gasteiger partial charge in [-0.25, -0.2) is 19.6 Å². The van der Waals surface area contributed by atoms with Crippen LogP contribution in [-0.2, 0) is 19.1 Å². The summed E-state index contributed by atoms with van der Waals surface area (Å²) in [4.78, 5) is 71.3. The van der Waals surface area contributed by atoms with Crippen molar-refractivity contribution in [1.82, 2.24) is 40.4 Å². The molecule has 1 unspecified atom stereocenters. The average Bonchev–Trinajstić information content (AvgIpc) is 4.17. The summed E-state index contributed by atoms with van der Waals surface area (Å²) in [5.74, 6) is 0.929. The predicted octanol–water partition coefficient (Wildman–Crippen LogP) is 8.68. The first-order valence-electron chi connectivity index (χ1n) is 21.9. The summed E-state index contributed by atoms with van der Waals surface area (Å²) in [6.07, 6.45) is 9.57. The van der Waals surface area contributed by atoms with Crippen LogP contribution in [0.3, 0.4) is 0 Å². The maximum absolute atomic E-state index is 13.6. The molecule has 2 aliphatic heterocycles. The van der Waals surface area contributed by atoms with Gasteiger partial charge in [0.2, 0.25) is 11.8 Å². The van der Waals surface area contributed by atoms with Gasteiger partial charge in [0.1, 0.15) is 23.7 Å². The minimum Gasteiger partial charge on any atom is -0.453 e. The van der Waals surface area contributed by atoms with Gasteiger partial charge in [0, 0.05) is 13.1 Å². The first-order valence-corrected chi connectivity index (χ1v) is 21.9. The van der Waals surface area contributed by atoms with Crippen LogP contribution in [0, 0.1) is 11.8 Å². The molecule has 2 aromatic heterocycles. The first-order chi connectivity index (χ1) is 30.9. The van der Waals surface area contributed by atoms with Gasteiger partial charge in [0.15, 0.2) is 0 Å². The zero-order chi connectivity index (χ0) is 45.1. The van der Waals surface area contributed by atoms with Crippen LogP contribution in [0.15, 0.2) is 84.5 Å². The van der Waals surface area contributed by atoms with Crippen LogP contribution in [0.25, 0.3) is 56.9 Å². The molecule has 64 heavy (non-hydrogen) atoms. The van der Waals surface area contributed by atoms with E-state index in [4.69, 9.17) is 19.4 Å². The quantitative estimate of drug-likeness (QED) is 0.0885. The summed E-state index contributed by atoms with van der Waals surface area (Å²) < 4.78 is 9.56. The molecule has 4 amide bonds. The number of fused-ring (bicyclic) bond motifs is 1. The number of hydrogen-bond acceptors (Lipinski definition) is 8. The van der Waals surface area contributed by atoms with E-state index in [0.717, 1.165) is 93.2 Å². The molecule has 0 bridgehead atoms. The minimum atomic E-state index is -0.696. The largest absolute Gasteiger partial charge is 0.453 e. The van der Waals surface area contributed by atoms with E-state index < -0.39 is 24.3 Å². The summed E-state index contributed by atoms with van der Waals surface area (Å²) >= 11 is 0. The molecule has 4 atom stereocenters. The Balaban J connectivity index is 0.969. The molecular formula is C50H54N8O6. The van der Waals surface area contributed by atoms with Gasteiger partial charge >= 0.3 is 12.2 Å². The molecule has 330 valence electrons. The first kappa shape index (κ1) is 43.5. The number of carbonyl (C=O) groups excluding carboxylic acids is 4. The summed E-state index contributed by atoms with van der Waals surface area (Å²) in [7, 11) is 2.58. The van der Waals surface area contributed by atoms with Crippen LogP contribution in [-0.4, -0.2) is 93.1 Å². The average molecular weight is 863 g/mol. The zero-order valence-electron chi connectivity index (χ0n) is 37.0. The molecule has 0 spiro atoms. The second-order valence-corrected chi connectivity index (χ2v) is 17.2. The van der Waals surface area contributed by atoms with Gasteiger partial charge in [-0.1, -0.05) is 99.8 Å². The fourth-order valence-corrected chi connectivity index (χ4v) is 9.03. The lowest BCUT2D eigenvalue weighted by atomic mass is 9.87. The smallest absolute Gasteiger partial charge is 0.407 e. The number of aromatic nitrogens is 4. The monoisotopic (exact) mass is 862 g/mol. The van der Waals surface area contributed by atoms with Crippen LogP contribution >= 0.6 is 0 Å². The van der Waals surface area contributed by atoms with Crippen molar-refractivity contribution >= 4 is 36.2 Å². The number of amides is 4. The molecule has 1 aliphatic carbocycles. The number of nitrogens with zero attached hydrogens (tertiary/aromatic N) is 4. The minimum absolute atomic E-state index is 0.113. The number of alkyl carbamates (subject to hydrolysis) is 2. The fourth-order valence-electron chi connectivity index (χ4n) is 9.03. The van der Waals surface area contributed by atoms with Crippen molar-refractivity contribution in [1.29, 1.82) is 0 Å². The lowest BCUT2D eigenvalue weighted by molar-refractivity contribution is -0.136. The summed E-state index contributed by atoms with van der Waals surface area (Å²) in [5.41, 5.74) is 16.3. The third-order valence-electron chi connectivity index (χ3n) is 12.5. The van der Waals surface area contributed by atoms with E-state index in [0.29, 0.717) is 13.1 Å². The van der Waals surface area contributed by atoms with Crippen LogP contribution in [0.4, 0.5) is 9.59 Å². The number of ether oxygens (including phenoxy) is 2. The molecule has 14 nitrogen and oxygen atoms in total. The number of H-pyrrole nitrogens is 2. The third kappa shape index (κ3) is 8.75. The van der Waals surface area contributed by atoms with Gasteiger partial charge in [-0.2, -0.15) is 0 Å². The molecule has 3 aliphatic rings. The van der Waals surface area contributed by atoms with Gasteiger partial charge in [-0.3, -0.25) is 9.59 Å². The summed E-state index contributed by atoms with van der Waals surface area (Å²) in [6.45, 7) is 8.79. The Morgan fingerprint density at radius 1 is 0.609 bits per heavy atom. The van der Waals surface area contributed by atoms with E-state index in [1.165, 1.54) is 14.2 Å². The summed E-state index contributed by atoms with van der Waals surface area (Å²) in [6, 6.07) is 19.2. The van der Waals surface area contributed by atoms with Crippen molar-refractivity contribution in [3.63, 3.8) is 0 Å². The molecule has 4 N–H and O–H groups in total. The Bertz CT molecular complexity index is 2470. The van der Waals surface area contributed by atoms with E-state index in [2.05, 4.69) is 92.7 Å². The highest BCUT2D eigenvalue weighted by Crippen LogP contribution is 2.39. The van der Waals surface area contributed by atoms with E-state index in [1.54, 1.807) is 0 Å². The molecule has 2 fully saturated rings. The maximum Gasteiger partial charge on any atom is 0.407 e. The number of benzene rings is 3. The van der Waals surface area contributed by atoms with Gasteiger partial charge in [-0.05, 0) is 94.2 Å². The lowest BCUT2D eigenvalue weighted by Gasteiger charge is -2.30. The Morgan fingerprint density at radius 2 is 0.984 bits per heavy atom. The van der Waals surface area contributed by atoms with Gasteiger partial charge in [-0.15, -0.1) is 0 Å². The fraction of sp³-hybridized carbons (Fsp3) is 0.360. The van der Waals surface area contributed by atoms with Crippen LogP contribution in [0.2, 0.25) is 0 Å². The van der Waals surface area contributed by atoms with E-state index in [1.807, 2.05) is 62.0 Å². The molecule has 3 aromatic carbocycles. The molecular weight excluding hydrogens is 809 g/mol. The highest BCUT2D eigenvalue weighted by atomic mass is 16.5. The number of rotatable bonds is 12. The predicted molar refractivity (Wildman–Crippen MR) is 244 cm³/mol. The number of nitrogens with one attached hydrogen (secondary N) is 4. The standard InChI is InChI=1S/C50H54N8O6/c1-29(2)43(55-49(61)63-5)47(59)57-25-9-13-41(57)45-51-27-39(53-45)33-19-15-31(16-20-33)35-23-24-36(38-12-8-7-11-37(35)38)32-17-21-34(22-18-32)40-28-52-46(54-40)42-14-10-26-58(42)48(60)44(30(3)4)56-50(62)64-6/h11-12,15-24,27-30,41-44H,9-10,13-14,25-26H2,1-6H3,(H,51,53)(H,52,54)(H,55,61)(H,56,62)/t41-,42-,43-,44?/m0/s1. The van der Waals surface area contributed by atoms with Crippen LogP contribution < -0.4 is 10.6 Å². The van der Waals surface area contributed by atoms with Crippen molar-refractivity contribution in [2.75, 3.05) is 27.3 Å². The molecule has 4 heterocycles. The van der Waals surface area contributed by atoms with Crippen molar-refractivity contribution in [2.24, 2.45) is 11.8 Å². The van der Waals surface area contributed by atoms with E-state index >= 15 is 0 Å². The third-order valence-corrected chi connectivity index (χ3v) is 12.5. The molecule has 2 saturated heterocycles. The molecule has 8 rings (SSSR count). The SMILES string of the molecule is COC(=O)NC(C(=O)N1CCC[C@H]1c1ncc(-c2ccc(-c3ccc(-c4ccc(-c5cnc([C@@H]6CCCN6C(=O)[C@@H](NC(=O)OC)C(C)C)[nH]5)cc4)c4c3C=C=C=C4)cc2)[nH]1)C(C)C. The number of likely N-dealkylation sites (tertiary alicyclic amines) is 2. The Hall–Kier alpha value is -7.14. The Morgan fingerprint density at radius 3 is 1.34 bits per heavy atom. The van der Waals surface area contributed by atoms with Crippen molar-refractivity contribution in [2.45, 2.75) is 77.5 Å². The molecule has 0 radical (unpaired) electrons. The van der Waals surface area contributed by atoms with Gasteiger partial charge in [0.05, 0.1) is 50.1 Å². The van der Waals surface area contributed by atoms with E-state index in [9.17, 15) is 19.2 Å². The second-order valence-electron chi connectivity index (χ2n) is 17.2. The highest BCUT2D eigenvalue weighted by Gasteiger charge is 2.39. The Labute approximate surface area is 372 Å². The number of hydrogen-bond donors (Lipinski definition) is 4. The lowest BCUT2D eigenvalue weighted by Crippen LogP contribution is -2.51. The zero-order valence-corrected chi connectivity index (χ0v) is 37.0. The van der Waals surface area contributed by atoms with E-state index in [-0.39, 0.29) is 35.7 Å². The number of carbonyl (C=O) groups is 4. The number of aromatic amines is 2. The van der Waals surface area contributed by atoms with Crippen molar-refractivity contribution in [3.05, 3.63) is 107 Å². The van der Waals surface area contributed by atoms with Crippen molar-refractivity contribution < 1.29 is 28.7 Å². The van der Waals surface area contributed by atoms with Crippen LogP contribution in [0.1, 0.15) is 88.2 Å². The number of imidazole rings is 2.